The van der Waals surface area contributed by atoms with E-state index in [2.05, 4.69) is 11.8 Å². The molecule has 1 aromatic rings. The van der Waals surface area contributed by atoms with Gasteiger partial charge in [-0.05, 0) is 26.0 Å². The van der Waals surface area contributed by atoms with E-state index in [0.717, 1.165) is 18.1 Å². The average molecular weight is 279 g/mol. The summed E-state index contributed by atoms with van der Waals surface area (Å²) in [5.41, 5.74) is 0.703. The van der Waals surface area contributed by atoms with Crippen molar-refractivity contribution in [1.82, 2.24) is 4.90 Å². The number of Topliss-reactive ketones (excluding diaryl/α,β-unsaturated/α-hetero) is 1. The van der Waals surface area contributed by atoms with E-state index in [9.17, 15) is 4.79 Å². The molecule has 2 rings (SSSR count). The zero-order valence-electron chi connectivity index (χ0n) is 11.6. The van der Waals surface area contributed by atoms with Crippen LogP contribution in [0, 0.1) is 0 Å². The Labute approximate surface area is 119 Å². The van der Waals surface area contributed by atoms with Crippen molar-refractivity contribution >= 4 is 17.5 Å². The number of ketones is 1. The van der Waals surface area contributed by atoms with Gasteiger partial charge in [0.2, 0.25) is 0 Å². The first-order valence-electron chi connectivity index (χ1n) is 6.79. The zero-order chi connectivity index (χ0) is 13.7. The molecule has 4 heteroatoms. The highest BCUT2D eigenvalue weighted by atomic mass is 32.2. The number of thioether (sulfide) groups is 1. The fourth-order valence-corrected chi connectivity index (χ4v) is 3.33. The number of benzene rings is 1. The second kappa shape index (κ2) is 6.96. The quantitative estimate of drug-likeness (QED) is 0.775. The highest BCUT2D eigenvalue weighted by molar-refractivity contribution is 7.99. The van der Waals surface area contributed by atoms with Crippen LogP contribution in [-0.4, -0.2) is 47.9 Å². The molecule has 0 radical (unpaired) electrons. The van der Waals surface area contributed by atoms with Crippen LogP contribution < -0.4 is 4.74 Å². The van der Waals surface area contributed by atoms with Crippen molar-refractivity contribution in [3.63, 3.8) is 0 Å². The fraction of sp³-hybridized carbons (Fsp3) is 0.533. The van der Waals surface area contributed by atoms with Crippen molar-refractivity contribution in [1.29, 1.82) is 0 Å². The van der Waals surface area contributed by atoms with Gasteiger partial charge in [0.25, 0.3) is 0 Å². The largest absolute Gasteiger partial charge is 0.493 e. The highest BCUT2D eigenvalue weighted by Crippen LogP contribution is 2.21. The topological polar surface area (TPSA) is 29.5 Å². The zero-order valence-corrected chi connectivity index (χ0v) is 12.4. The lowest BCUT2D eigenvalue weighted by atomic mass is 10.1. The molecule has 1 fully saturated rings. The van der Waals surface area contributed by atoms with E-state index in [0.29, 0.717) is 30.5 Å². The summed E-state index contributed by atoms with van der Waals surface area (Å²) in [5, 5.41) is 0. The SMILES string of the molecule is CCOc1ccccc1C(=O)CN1CCSCC1C. The molecule has 0 bridgehead atoms. The molecule has 1 aliphatic heterocycles. The summed E-state index contributed by atoms with van der Waals surface area (Å²) in [6.45, 7) is 6.19. The average Bonchev–Trinajstić information content (AvgIpc) is 2.42. The molecule has 1 unspecified atom stereocenters. The standard InChI is InChI=1S/C15H21NO2S/c1-3-18-15-7-5-4-6-13(15)14(17)10-16-8-9-19-11-12(16)2/h4-7,12H,3,8-11H2,1-2H3. The molecule has 3 nitrogen and oxygen atoms in total. The lowest BCUT2D eigenvalue weighted by Gasteiger charge is -2.32. The molecular formula is C15H21NO2S. The van der Waals surface area contributed by atoms with Crippen molar-refractivity contribution in [3.05, 3.63) is 29.8 Å². The molecule has 0 spiro atoms. The summed E-state index contributed by atoms with van der Waals surface area (Å²) in [4.78, 5) is 14.7. The Bertz CT molecular complexity index is 436. The summed E-state index contributed by atoms with van der Waals surface area (Å²) >= 11 is 1.96. The number of nitrogens with zero attached hydrogens (tertiary/aromatic N) is 1. The van der Waals surface area contributed by atoms with Crippen molar-refractivity contribution in [2.24, 2.45) is 0 Å². The second-order valence-electron chi connectivity index (χ2n) is 4.75. The fourth-order valence-electron chi connectivity index (χ4n) is 2.24. The van der Waals surface area contributed by atoms with Gasteiger partial charge in [-0.2, -0.15) is 11.8 Å². The van der Waals surface area contributed by atoms with Gasteiger partial charge in [-0.25, -0.2) is 0 Å². The summed E-state index contributed by atoms with van der Waals surface area (Å²) in [6.07, 6.45) is 0. The third-order valence-electron chi connectivity index (χ3n) is 3.34. The summed E-state index contributed by atoms with van der Waals surface area (Å²) in [5.74, 6) is 3.09. The van der Waals surface area contributed by atoms with Crippen molar-refractivity contribution in [3.8, 4) is 5.75 Å². The maximum Gasteiger partial charge on any atom is 0.180 e. The molecule has 0 aromatic heterocycles. The minimum Gasteiger partial charge on any atom is -0.493 e. The van der Waals surface area contributed by atoms with Gasteiger partial charge in [0, 0.05) is 24.1 Å². The third kappa shape index (κ3) is 3.74. The van der Waals surface area contributed by atoms with E-state index >= 15 is 0 Å². The van der Waals surface area contributed by atoms with E-state index in [1.54, 1.807) is 0 Å². The summed E-state index contributed by atoms with van der Waals surface area (Å²) in [6, 6.07) is 8.00. The molecular weight excluding hydrogens is 258 g/mol. The van der Waals surface area contributed by atoms with Crippen LogP contribution in [-0.2, 0) is 0 Å². The Balaban J connectivity index is 2.06. The van der Waals surface area contributed by atoms with Gasteiger partial charge < -0.3 is 4.74 Å². The monoisotopic (exact) mass is 279 g/mol. The van der Waals surface area contributed by atoms with E-state index in [-0.39, 0.29) is 5.78 Å². The second-order valence-corrected chi connectivity index (χ2v) is 5.90. The Kier molecular flexibility index (Phi) is 5.28. The molecule has 1 aromatic carbocycles. The molecule has 1 atom stereocenters. The number of ether oxygens (including phenoxy) is 1. The van der Waals surface area contributed by atoms with Crippen LogP contribution in [0.4, 0.5) is 0 Å². The number of hydrogen-bond acceptors (Lipinski definition) is 4. The Morgan fingerprint density at radius 1 is 1.47 bits per heavy atom. The lowest BCUT2D eigenvalue weighted by Crippen LogP contribution is -2.43. The molecule has 104 valence electrons. The highest BCUT2D eigenvalue weighted by Gasteiger charge is 2.22. The molecule has 1 saturated heterocycles. The van der Waals surface area contributed by atoms with E-state index in [1.165, 1.54) is 0 Å². The maximum atomic E-state index is 12.4. The first kappa shape index (κ1) is 14.4. The smallest absolute Gasteiger partial charge is 0.180 e. The predicted octanol–water partition coefficient (Wildman–Crippen LogP) is 2.71. The molecule has 0 N–H and O–H groups in total. The van der Waals surface area contributed by atoms with E-state index < -0.39 is 0 Å². The van der Waals surface area contributed by atoms with Crippen LogP contribution in [0.5, 0.6) is 5.75 Å². The van der Waals surface area contributed by atoms with E-state index in [4.69, 9.17) is 4.74 Å². The van der Waals surface area contributed by atoms with Crippen LogP contribution in [0.1, 0.15) is 24.2 Å². The number of carbonyl (C=O) groups is 1. The van der Waals surface area contributed by atoms with Gasteiger partial charge in [0.05, 0.1) is 18.7 Å². The van der Waals surface area contributed by atoms with Gasteiger partial charge in [-0.1, -0.05) is 12.1 Å². The maximum absolute atomic E-state index is 12.4. The van der Waals surface area contributed by atoms with Crippen LogP contribution in [0.2, 0.25) is 0 Å². The molecule has 0 amide bonds. The van der Waals surface area contributed by atoms with Gasteiger partial charge in [-0.3, -0.25) is 9.69 Å². The van der Waals surface area contributed by atoms with Crippen LogP contribution in [0.25, 0.3) is 0 Å². The first-order valence-corrected chi connectivity index (χ1v) is 7.94. The van der Waals surface area contributed by atoms with Crippen molar-refractivity contribution < 1.29 is 9.53 Å². The Morgan fingerprint density at radius 2 is 2.26 bits per heavy atom. The van der Waals surface area contributed by atoms with Gasteiger partial charge in [0.1, 0.15) is 5.75 Å². The van der Waals surface area contributed by atoms with Crippen molar-refractivity contribution in [2.45, 2.75) is 19.9 Å². The van der Waals surface area contributed by atoms with Crippen LogP contribution in [0.15, 0.2) is 24.3 Å². The van der Waals surface area contributed by atoms with Crippen LogP contribution in [0.3, 0.4) is 0 Å². The minimum atomic E-state index is 0.155. The van der Waals surface area contributed by atoms with Gasteiger partial charge in [0.15, 0.2) is 5.78 Å². The number of rotatable bonds is 5. The normalized spacial score (nSPS) is 20.2. The molecule has 1 aliphatic rings. The number of para-hydroxylation sites is 1. The van der Waals surface area contributed by atoms with E-state index in [1.807, 2.05) is 43.0 Å². The summed E-state index contributed by atoms with van der Waals surface area (Å²) < 4.78 is 5.53. The van der Waals surface area contributed by atoms with Crippen molar-refractivity contribution in [2.75, 3.05) is 31.2 Å². The molecule has 1 heterocycles. The number of carbonyl (C=O) groups excluding carboxylic acids is 1. The molecule has 19 heavy (non-hydrogen) atoms. The van der Waals surface area contributed by atoms with Crippen LogP contribution >= 0.6 is 11.8 Å². The molecule has 0 saturated carbocycles. The Hall–Kier alpha value is -1.00. The third-order valence-corrected chi connectivity index (χ3v) is 4.53. The molecule has 0 aliphatic carbocycles. The van der Waals surface area contributed by atoms with Gasteiger partial charge in [-0.15, -0.1) is 0 Å². The summed E-state index contributed by atoms with van der Waals surface area (Å²) in [7, 11) is 0. The predicted molar refractivity (Wildman–Crippen MR) is 80.3 cm³/mol. The lowest BCUT2D eigenvalue weighted by molar-refractivity contribution is 0.0907. The first-order chi connectivity index (χ1) is 9.22. The van der Waals surface area contributed by atoms with Gasteiger partial charge >= 0.3 is 0 Å². The minimum absolute atomic E-state index is 0.155. The number of hydrogen-bond donors (Lipinski definition) is 0. The Morgan fingerprint density at radius 3 is 3.00 bits per heavy atom.